The van der Waals surface area contributed by atoms with E-state index in [9.17, 15) is 10.2 Å². The number of ether oxygens (including phenoxy) is 3. The maximum atomic E-state index is 10.3. The summed E-state index contributed by atoms with van der Waals surface area (Å²) in [5.41, 5.74) is 0. The molecule has 182 valence electrons. The Labute approximate surface area is 205 Å². The summed E-state index contributed by atoms with van der Waals surface area (Å²) >= 11 is 12.0. The summed E-state index contributed by atoms with van der Waals surface area (Å²) in [6, 6.07) is 12.7. The van der Waals surface area contributed by atoms with E-state index in [0.29, 0.717) is 40.7 Å². The van der Waals surface area contributed by atoms with Gasteiger partial charge in [0.2, 0.25) is 0 Å². The number of methoxy groups -OCH3 is 1. The average Bonchev–Trinajstić information content (AvgIpc) is 2.82. The highest BCUT2D eigenvalue weighted by Crippen LogP contribution is 2.27. The molecule has 7 nitrogen and oxygen atoms in total. The number of hydrogen-bond donors (Lipinski definition) is 3. The monoisotopic (exact) mass is 498 g/mol. The number of halogens is 2. The largest absolute Gasteiger partial charge is 0.497 e. The third-order valence-electron chi connectivity index (χ3n) is 5.51. The van der Waals surface area contributed by atoms with Crippen LogP contribution in [0.2, 0.25) is 10.0 Å². The molecule has 1 aliphatic heterocycles. The molecule has 1 saturated heterocycles. The Bertz CT molecular complexity index is 864. The van der Waals surface area contributed by atoms with Crippen LogP contribution in [0.5, 0.6) is 17.2 Å². The number of nitrogens with zero attached hydrogens (tertiary/aromatic N) is 1. The van der Waals surface area contributed by atoms with Crippen molar-refractivity contribution in [2.75, 3.05) is 46.5 Å². The van der Waals surface area contributed by atoms with Crippen molar-refractivity contribution in [3.8, 4) is 17.2 Å². The molecule has 33 heavy (non-hydrogen) atoms. The van der Waals surface area contributed by atoms with E-state index in [0.717, 1.165) is 31.7 Å². The SMILES string of the molecule is COc1cccc(OC[C@H](O)CNC2CCN(C[C@H](O)COc3ccc(Cl)cc3Cl)CC2)c1. The Balaban J connectivity index is 1.29. The van der Waals surface area contributed by atoms with Crippen LogP contribution in [-0.4, -0.2) is 79.9 Å². The molecule has 0 spiro atoms. The van der Waals surface area contributed by atoms with Crippen molar-refractivity contribution in [1.29, 1.82) is 0 Å². The molecule has 9 heteroatoms. The topological polar surface area (TPSA) is 83.4 Å². The van der Waals surface area contributed by atoms with Crippen LogP contribution in [0.4, 0.5) is 0 Å². The molecule has 0 saturated carbocycles. The minimum Gasteiger partial charge on any atom is -0.497 e. The van der Waals surface area contributed by atoms with Gasteiger partial charge in [-0.1, -0.05) is 29.3 Å². The van der Waals surface area contributed by atoms with E-state index in [1.807, 2.05) is 18.2 Å². The van der Waals surface area contributed by atoms with E-state index in [-0.39, 0.29) is 13.2 Å². The lowest BCUT2D eigenvalue weighted by atomic mass is 10.0. The summed E-state index contributed by atoms with van der Waals surface area (Å²) in [5.74, 6) is 1.90. The Morgan fingerprint density at radius 3 is 2.45 bits per heavy atom. The smallest absolute Gasteiger partial charge is 0.138 e. The van der Waals surface area contributed by atoms with E-state index in [1.54, 1.807) is 31.4 Å². The lowest BCUT2D eigenvalue weighted by molar-refractivity contribution is 0.0556. The predicted molar refractivity (Wildman–Crippen MR) is 130 cm³/mol. The third kappa shape index (κ3) is 8.85. The second-order valence-corrected chi connectivity index (χ2v) is 9.01. The minimum absolute atomic E-state index is 0.166. The molecule has 3 N–H and O–H groups in total. The molecule has 0 radical (unpaired) electrons. The highest BCUT2D eigenvalue weighted by molar-refractivity contribution is 6.35. The number of benzene rings is 2. The van der Waals surface area contributed by atoms with Crippen LogP contribution in [0, 0.1) is 0 Å². The van der Waals surface area contributed by atoms with Crippen LogP contribution in [-0.2, 0) is 0 Å². The molecule has 3 rings (SSSR count). The molecule has 0 aromatic heterocycles. The number of β-amino-alcohol motifs (C(OH)–C–C–N with tert-alkyl or cyclic N) is 1. The van der Waals surface area contributed by atoms with Crippen molar-refractivity contribution in [3.05, 3.63) is 52.5 Å². The second-order valence-electron chi connectivity index (χ2n) is 8.17. The minimum atomic E-state index is -0.614. The molecule has 2 aromatic rings. The highest BCUT2D eigenvalue weighted by atomic mass is 35.5. The summed E-state index contributed by atoms with van der Waals surface area (Å²) in [6.45, 7) is 3.11. The lowest BCUT2D eigenvalue weighted by Crippen LogP contribution is -2.47. The normalized spacial score (nSPS) is 16.9. The van der Waals surface area contributed by atoms with Crippen molar-refractivity contribution in [3.63, 3.8) is 0 Å². The van der Waals surface area contributed by atoms with Gasteiger partial charge < -0.3 is 34.6 Å². The first-order valence-corrected chi connectivity index (χ1v) is 11.8. The first-order valence-electron chi connectivity index (χ1n) is 11.1. The molecule has 2 atom stereocenters. The van der Waals surface area contributed by atoms with Crippen LogP contribution in [0.3, 0.4) is 0 Å². The van der Waals surface area contributed by atoms with Crippen molar-refractivity contribution >= 4 is 23.2 Å². The molecule has 1 fully saturated rings. The van der Waals surface area contributed by atoms with E-state index in [1.165, 1.54) is 0 Å². The number of nitrogens with one attached hydrogen (secondary N) is 1. The first-order chi connectivity index (χ1) is 15.9. The Morgan fingerprint density at radius 1 is 1.00 bits per heavy atom. The molecule has 0 amide bonds. The fraction of sp³-hybridized carbons (Fsp3) is 0.500. The van der Waals surface area contributed by atoms with Gasteiger partial charge >= 0.3 is 0 Å². The molecule has 0 bridgehead atoms. The fourth-order valence-electron chi connectivity index (χ4n) is 3.69. The van der Waals surface area contributed by atoms with Crippen molar-refractivity contribution in [2.45, 2.75) is 31.1 Å². The number of piperidine rings is 1. The van der Waals surface area contributed by atoms with E-state index in [4.69, 9.17) is 37.4 Å². The fourth-order valence-corrected chi connectivity index (χ4v) is 4.16. The van der Waals surface area contributed by atoms with Crippen LogP contribution in [0.25, 0.3) is 0 Å². The van der Waals surface area contributed by atoms with Crippen LogP contribution in [0.1, 0.15) is 12.8 Å². The summed E-state index contributed by atoms with van der Waals surface area (Å²) < 4.78 is 16.4. The summed E-state index contributed by atoms with van der Waals surface area (Å²) in [5, 5.41) is 25.0. The number of aliphatic hydroxyl groups is 2. The number of likely N-dealkylation sites (tertiary alicyclic amines) is 1. The third-order valence-corrected chi connectivity index (χ3v) is 6.04. The summed E-state index contributed by atoms with van der Waals surface area (Å²) in [6.07, 6.45) is 0.671. The van der Waals surface area contributed by atoms with Gasteiger partial charge in [0.25, 0.3) is 0 Å². The van der Waals surface area contributed by atoms with Crippen molar-refractivity contribution < 1.29 is 24.4 Å². The molecule has 0 unspecified atom stereocenters. The van der Waals surface area contributed by atoms with E-state index in [2.05, 4.69) is 10.2 Å². The average molecular weight is 499 g/mol. The van der Waals surface area contributed by atoms with Crippen LogP contribution >= 0.6 is 23.2 Å². The van der Waals surface area contributed by atoms with Gasteiger partial charge in [-0.3, -0.25) is 0 Å². The second kappa shape index (κ2) is 13.2. The number of aliphatic hydroxyl groups excluding tert-OH is 2. The molecular formula is C24H32Cl2N2O5. The van der Waals surface area contributed by atoms with Gasteiger partial charge in [-0.15, -0.1) is 0 Å². The highest BCUT2D eigenvalue weighted by Gasteiger charge is 2.22. The maximum Gasteiger partial charge on any atom is 0.138 e. The zero-order valence-corrected chi connectivity index (χ0v) is 20.3. The van der Waals surface area contributed by atoms with Crippen LogP contribution in [0.15, 0.2) is 42.5 Å². The molecule has 0 aliphatic carbocycles. The first kappa shape index (κ1) is 25.9. The standard InChI is InChI=1S/C24H32Cl2N2O5/c1-31-21-3-2-4-22(12-21)32-15-19(29)13-27-18-7-9-28(10-8-18)14-20(30)16-33-24-6-5-17(25)11-23(24)26/h2-6,11-12,18-20,27,29-30H,7-10,13-16H2,1H3/t19-,20+/m1/s1. The molecule has 1 heterocycles. The van der Waals surface area contributed by atoms with Gasteiger partial charge in [-0.2, -0.15) is 0 Å². The van der Waals surface area contributed by atoms with Gasteiger partial charge in [0.15, 0.2) is 0 Å². The summed E-state index contributed by atoms with van der Waals surface area (Å²) in [4.78, 5) is 2.22. The van der Waals surface area contributed by atoms with Gasteiger partial charge in [-0.05, 0) is 56.3 Å². The molecule has 1 aliphatic rings. The predicted octanol–water partition coefficient (Wildman–Crippen LogP) is 3.24. The summed E-state index contributed by atoms with van der Waals surface area (Å²) in [7, 11) is 1.61. The molecular weight excluding hydrogens is 467 g/mol. The van der Waals surface area contributed by atoms with Gasteiger partial charge in [0, 0.05) is 30.2 Å². The number of rotatable bonds is 12. The zero-order chi connectivity index (χ0) is 23.6. The Morgan fingerprint density at radius 2 is 1.73 bits per heavy atom. The molecule has 2 aromatic carbocycles. The van der Waals surface area contributed by atoms with Crippen molar-refractivity contribution in [2.24, 2.45) is 0 Å². The zero-order valence-electron chi connectivity index (χ0n) is 18.8. The van der Waals surface area contributed by atoms with Gasteiger partial charge in [0.1, 0.15) is 42.7 Å². The Kier molecular flexibility index (Phi) is 10.4. The van der Waals surface area contributed by atoms with Crippen molar-refractivity contribution in [1.82, 2.24) is 10.2 Å². The van der Waals surface area contributed by atoms with E-state index < -0.39 is 12.2 Å². The Hall–Kier alpha value is -1.74. The quantitative estimate of drug-likeness (QED) is 0.414. The van der Waals surface area contributed by atoms with Gasteiger partial charge in [0.05, 0.1) is 12.1 Å². The maximum absolute atomic E-state index is 10.3. The van der Waals surface area contributed by atoms with Gasteiger partial charge in [-0.25, -0.2) is 0 Å². The lowest BCUT2D eigenvalue weighted by Gasteiger charge is -2.33. The number of hydrogen-bond acceptors (Lipinski definition) is 7. The van der Waals surface area contributed by atoms with Crippen LogP contribution < -0.4 is 19.5 Å². The van der Waals surface area contributed by atoms with E-state index >= 15 is 0 Å².